The molecule has 3 aromatic rings. The van der Waals surface area contributed by atoms with Crippen LogP contribution >= 0.6 is 23.1 Å². The van der Waals surface area contributed by atoms with Gasteiger partial charge < -0.3 is 14.0 Å². The summed E-state index contributed by atoms with van der Waals surface area (Å²) in [5.41, 5.74) is 0. The quantitative estimate of drug-likeness (QED) is 0.512. The Kier molecular flexibility index (Phi) is 7.04. The summed E-state index contributed by atoms with van der Waals surface area (Å²) in [6, 6.07) is 7.37. The van der Waals surface area contributed by atoms with E-state index in [0.717, 1.165) is 10.8 Å². The molecular weight excluding hydrogens is 412 g/mol. The average molecular weight is 435 g/mol. The van der Waals surface area contributed by atoms with E-state index >= 15 is 0 Å². The minimum Gasteiger partial charge on any atom is -0.497 e. The summed E-state index contributed by atoms with van der Waals surface area (Å²) in [5.74, 6) is 2.21. The molecular formula is C18H22N6O3S2. The number of aromatic nitrogens is 5. The summed E-state index contributed by atoms with van der Waals surface area (Å²) in [6.45, 7) is 6.42. The van der Waals surface area contributed by atoms with Gasteiger partial charge in [0.25, 0.3) is 0 Å². The first kappa shape index (κ1) is 21.1. The Labute approximate surface area is 176 Å². The number of anilines is 1. The van der Waals surface area contributed by atoms with Crippen LogP contribution in [0.5, 0.6) is 11.5 Å². The molecule has 0 aliphatic carbocycles. The SMILES string of the molecule is CCn1c(SCC(=O)Nc2nnc(C)s2)nnc1C(C)Oc1ccc(OC)cc1. The standard InChI is InChI=1S/C18H22N6O3S2/c1-5-24-16(11(2)27-14-8-6-13(26-4)7-9-14)21-23-18(24)28-10-15(25)19-17-22-20-12(3)29-17/h6-9,11H,5,10H2,1-4H3,(H,19,22,25). The Morgan fingerprint density at radius 1 is 1.21 bits per heavy atom. The number of hydrogen-bond donors (Lipinski definition) is 1. The van der Waals surface area contributed by atoms with Gasteiger partial charge in [-0.05, 0) is 45.0 Å². The molecule has 0 aliphatic heterocycles. The number of carbonyl (C=O) groups excluding carboxylic acids is 1. The van der Waals surface area contributed by atoms with Crippen molar-refractivity contribution in [2.24, 2.45) is 0 Å². The second kappa shape index (κ2) is 9.70. The minimum atomic E-state index is -0.302. The lowest BCUT2D eigenvalue weighted by molar-refractivity contribution is -0.113. The van der Waals surface area contributed by atoms with Crippen LogP contribution < -0.4 is 14.8 Å². The fourth-order valence-corrected chi connectivity index (χ4v) is 3.97. The van der Waals surface area contributed by atoms with Crippen LogP contribution in [0.2, 0.25) is 0 Å². The van der Waals surface area contributed by atoms with Crippen LogP contribution in [0.3, 0.4) is 0 Å². The highest BCUT2D eigenvalue weighted by Gasteiger charge is 2.19. The largest absolute Gasteiger partial charge is 0.497 e. The van der Waals surface area contributed by atoms with Gasteiger partial charge in [-0.25, -0.2) is 0 Å². The molecule has 2 aromatic heterocycles. The number of ether oxygens (including phenoxy) is 2. The predicted molar refractivity (Wildman–Crippen MR) is 112 cm³/mol. The first-order valence-electron chi connectivity index (χ1n) is 8.96. The summed E-state index contributed by atoms with van der Waals surface area (Å²) in [6.07, 6.45) is -0.302. The maximum atomic E-state index is 12.1. The molecule has 2 heterocycles. The van der Waals surface area contributed by atoms with Crippen molar-refractivity contribution >= 4 is 34.1 Å². The van der Waals surface area contributed by atoms with E-state index in [2.05, 4.69) is 25.7 Å². The zero-order chi connectivity index (χ0) is 20.8. The van der Waals surface area contributed by atoms with E-state index in [1.165, 1.54) is 23.1 Å². The van der Waals surface area contributed by atoms with Crippen LogP contribution in [0.4, 0.5) is 5.13 Å². The molecule has 0 spiro atoms. The van der Waals surface area contributed by atoms with E-state index in [1.54, 1.807) is 7.11 Å². The lowest BCUT2D eigenvalue weighted by Gasteiger charge is -2.15. The van der Waals surface area contributed by atoms with Gasteiger partial charge in [-0.15, -0.1) is 20.4 Å². The number of benzene rings is 1. The van der Waals surface area contributed by atoms with Gasteiger partial charge in [0.2, 0.25) is 11.0 Å². The second-order valence-corrected chi connectivity index (χ2v) is 8.11. The molecule has 0 saturated heterocycles. The zero-order valence-electron chi connectivity index (χ0n) is 16.6. The normalized spacial score (nSPS) is 11.9. The molecule has 1 atom stereocenters. The van der Waals surface area contributed by atoms with E-state index in [-0.39, 0.29) is 17.8 Å². The molecule has 0 bridgehead atoms. The van der Waals surface area contributed by atoms with Crippen LogP contribution in [0.1, 0.15) is 30.8 Å². The third-order valence-corrected chi connectivity index (χ3v) is 5.62. The maximum absolute atomic E-state index is 12.1. The van der Waals surface area contributed by atoms with Crippen molar-refractivity contribution < 1.29 is 14.3 Å². The Morgan fingerprint density at radius 2 is 1.93 bits per heavy atom. The monoisotopic (exact) mass is 434 g/mol. The summed E-state index contributed by atoms with van der Waals surface area (Å²) >= 11 is 2.65. The van der Waals surface area contributed by atoms with Crippen molar-refractivity contribution in [3.8, 4) is 11.5 Å². The highest BCUT2D eigenvalue weighted by molar-refractivity contribution is 7.99. The number of thioether (sulfide) groups is 1. The zero-order valence-corrected chi connectivity index (χ0v) is 18.2. The maximum Gasteiger partial charge on any atom is 0.236 e. The van der Waals surface area contributed by atoms with Gasteiger partial charge >= 0.3 is 0 Å². The molecule has 29 heavy (non-hydrogen) atoms. The number of nitrogens with zero attached hydrogens (tertiary/aromatic N) is 5. The first-order valence-corrected chi connectivity index (χ1v) is 10.8. The van der Waals surface area contributed by atoms with Crippen LogP contribution in [-0.2, 0) is 11.3 Å². The highest BCUT2D eigenvalue weighted by atomic mass is 32.2. The molecule has 11 heteroatoms. The minimum absolute atomic E-state index is 0.166. The van der Waals surface area contributed by atoms with Crippen molar-refractivity contribution in [3.63, 3.8) is 0 Å². The molecule has 1 unspecified atom stereocenters. The Balaban J connectivity index is 1.61. The molecule has 0 aliphatic rings. The molecule has 0 radical (unpaired) electrons. The van der Waals surface area contributed by atoms with Crippen molar-refractivity contribution in [2.45, 2.75) is 38.6 Å². The van der Waals surface area contributed by atoms with Crippen LogP contribution in [-0.4, -0.2) is 43.7 Å². The summed E-state index contributed by atoms with van der Waals surface area (Å²) in [5, 5.41) is 21.0. The highest BCUT2D eigenvalue weighted by Crippen LogP contribution is 2.26. The lowest BCUT2D eigenvalue weighted by atomic mass is 10.3. The third kappa shape index (κ3) is 5.45. The summed E-state index contributed by atoms with van der Waals surface area (Å²) < 4.78 is 13.1. The fourth-order valence-electron chi connectivity index (χ4n) is 2.55. The van der Waals surface area contributed by atoms with Gasteiger partial charge in [-0.2, -0.15) is 0 Å². The van der Waals surface area contributed by atoms with Gasteiger partial charge in [0.1, 0.15) is 16.5 Å². The molecule has 1 aromatic carbocycles. The third-order valence-electron chi connectivity index (χ3n) is 3.90. The van der Waals surface area contributed by atoms with E-state index in [0.29, 0.717) is 28.4 Å². The van der Waals surface area contributed by atoms with Crippen molar-refractivity contribution in [1.29, 1.82) is 0 Å². The van der Waals surface area contributed by atoms with Crippen molar-refractivity contribution in [1.82, 2.24) is 25.0 Å². The van der Waals surface area contributed by atoms with Crippen LogP contribution in [0.25, 0.3) is 0 Å². The Bertz CT molecular complexity index is 957. The van der Waals surface area contributed by atoms with Crippen molar-refractivity contribution in [3.05, 3.63) is 35.1 Å². The van der Waals surface area contributed by atoms with E-state index in [4.69, 9.17) is 9.47 Å². The summed E-state index contributed by atoms with van der Waals surface area (Å²) in [7, 11) is 1.62. The number of rotatable bonds is 9. The van der Waals surface area contributed by atoms with Crippen LogP contribution in [0, 0.1) is 6.92 Å². The topological polar surface area (TPSA) is 104 Å². The van der Waals surface area contributed by atoms with Gasteiger partial charge in [0.15, 0.2) is 17.1 Å². The number of nitrogens with one attached hydrogen (secondary N) is 1. The molecule has 1 amide bonds. The molecule has 1 N–H and O–H groups in total. The molecule has 154 valence electrons. The summed E-state index contributed by atoms with van der Waals surface area (Å²) in [4.78, 5) is 12.1. The first-order chi connectivity index (χ1) is 14.0. The number of aryl methyl sites for hydroxylation is 1. The number of hydrogen-bond acceptors (Lipinski definition) is 9. The van der Waals surface area contributed by atoms with Crippen molar-refractivity contribution in [2.75, 3.05) is 18.2 Å². The molecule has 0 saturated carbocycles. The average Bonchev–Trinajstić information content (AvgIpc) is 3.32. The number of carbonyl (C=O) groups is 1. The van der Waals surface area contributed by atoms with Gasteiger partial charge in [-0.3, -0.25) is 10.1 Å². The van der Waals surface area contributed by atoms with Gasteiger partial charge in [0, 0.05) is 6.54 Å². The fraction of sp³-hybridized carbons (Fsp3) is 0.389. The van der Waals surface area contributed by atoms with E-state index < -0.39 is 0 Å². The van der Waals surface area contributed by atoms with E-state index in [1.807, 2.05) is 49.6 Å². The second-order valence-electron chi connectivity index (χ2n) is 5.98. The Hall–Kier alpha value is -2.66. The van der Waals surface area contributed by atoms with E-state index in [9.17, 15) is 4.79 Å². The van der Waals surface area contributed by atoms with Crippen LogP contribution in [0.15, 0.2) is 29.4 Å². The predicted octanol–water partition coefficient (Wildman–Crippen LogP) is 3.34. The molecule has 9 nitrogen and oxygen atoms in total. The molecule has 3 rings (SSSR count). The molecule has 0 fully saturated rings. The number of methoxy groups -OCH3 is 1. The van der Waals surface area contributed by atoms with Gasteiger partial charge in [-0.1, -0.05) is 23.1 Å². The smallest absolute Gasteiger partial charge is 0.236 e. The Morgan fingerprint density at radius 3 is 2.55 bits per heavy atom. The van der Waals surface area contributed by atoms with Gasteiger partial charge in [0.05, 0.1) is 12.9 Å². The lowest BCUT2D eigenvalue weighted by Crippen LogP contribution is -2.15. The number of amides is 1.